The standard InChI is InChI=1S/C13H11N5O3S/c1-20-13(19)17-12-15-8(7-22-12)6-10-16-11(18-21-10)9-4-2-3-5-14-9/h2-5,7H,6H2,1H3,(H,15,17,19). The van der Waals surface area contributed by atoms with Crippen molar-refractivity contribution in [3.63, 3.8) is 0 Å². The van der Waals surface area contributed by atoms with Crippen LogP contribution in [0.25, 0.3) is 11.5 Å². The van der Waals surface area contributed by atoms with Gasteiger partial charge in [-0.15, -0.1) is 11.3 Å². The number of pyridine rings is 1. The topological polar surface area (TPSA) is 103 Å². The number of amides is 1. The molecule has 22 heavy (non-hydrogen) atoms. The van der Waals surface area contributed by atoms with Crippen molar-refractivity contribution in [3.05, 3.63) is 41.4 Å². The van der Waals surface area contributed by atoms with Crippen molar-refractivity contribution < 1.29 is 14.1 Å². The lowest BCUT2D eigenvalue weighted by Crippen LogP contribution is -2.10. The average Bonchev–Trinajstić information content (AvgIpc) is 3.18. The van der Waals surface area contributed by atoms with Gasteiger partial charge in [-0.1, -0.05) is 11.2 Å². The van der Waals surface area contributed by atoms with Gasteiger partial charge in [0.25, 0.3) is 0 Å². The van der Waals surface area contributed by atoms with Crippen molar-refractivity contribution in [1.29, 1.82) is 0 Å². The molecule has 0 unspecified atom stereocenters. The van der Waals surface area contributed by atoms with Crippen LogP contribution in [-0.2, 0) is 11.2 Å². The van der Waals surface area contributed by atoms with Crippen LogP contribution in [0.1, 0.15) is 11.6 Å². The fourth-order valence-electron chi connectivity index (χ4n) is 1.66. The van der Waals surface area contributed by atoms with Gasteiger partial charge in [0, 0.05) is 11.6 Å². The zero-order valence-corrected chi connectivity index (χ0v) is 12.3. The molecule has 0 atom stereocenters. The van der Waals surface area contributed by atoms with Crippen molar-refractivity contribution in [2.24, 2.45) is 0 Å². The number of ether oxygens (including phenoxy) is 1. The molecule has 0 aliphatic carbocycles. The fraction of sp³-hybridized carbons (Fsp3) is 0.154. The molecule has 1 N–H and O–H groups in total. The number of rotatable bonds is 4. The number of aromatic nitrogens is 4. The summed E-state index contributed by atoms with van der Waals surface area (Å²) < 4.78 is 9.69. The van der Waals surface area contributed by atoms with Gasteiger partial charge in [-0.2, -0.15) is 4.98 Å². The molecule has 0 spiro atoms. The minimum atomic E-state index is -0.559. The molecule has 9 heteroatoms. The van der Waals surface area contributed by atoms with Crippen molar-refractivity contribution in [2.75, 3.05) is 12.4 Å². The third-order valence-electron chi connectivity index (χ3n) is 2.64. The van der Waals surface area contributed by atoms with Crippen LogP contribution in [0.2, 0.25) is 0 Å². The van der Waals surface area contributed by atoms with E-state index in [0.29, 0.717) is 34.7 Å². The normalized spacial score (nSPS) is 10.4. The maximum atomic E-state index is 11.1. The molecule has 0 bridgehead atoms. The van der Waals surface area contributed by atoms with E-state index in [1.807, 2.05) is 12.1 Å². The van der Waals surface area contributed by atoms with Gasteiger partial charge >= 0.3 is 6.09 Å². The quantitative estimate of drug-likeness (QED) is 0.787. The predicted molar refractivity (Wildman–Crippen MR) is 78.5 cm³/mol. The Morgan fingerprint density at radius 3 is 3.09 bits per heavy atom. The minimum absolute atomic E-state index is 0.374. The van der Waals surface area contributed by atoms with Crippen molar-refractivity contribution in [3.8, 4) is 11.5 Å². The Morgan fingerprint density at radius 1 is 1.41 bits per heavy atom. The largest absolute Gasteiger partial charge is 0.453 e. The third kappa shape index (κ3) is 3.26. The Kier molecular flexibility index (Phi) is 4.05. The van der Waals surface area contributed by atoms with Gasteiger partial charge in [0.05, 0.1) is 19.2 Å². The summed E-state index contributed by atoms with van der Waals surface area (Å²) in [5.74, 6) is 0.856. The van der Waals surface area contributed by atoms with Crippen LogP contribution in [0, 0.1) is 0 Å². The first-order chi connectivity index (χ1) is 10.7. The summed E-state index contributed by atoms with van der Waals surface area (Å²) in [6.45, 7) is 0. The Balaban J connectivity index is 1.69. The molecule has 3 aromatic rings. The van der Waals surface area contributed by atoms with Crippen LogP contribution in [0.5, 0.6) is 0 Å². The summed E-state index contributed by atoms with van der Waals surface area (Å²) in [7, 11) is 1.29. The van der Waals surface area contributed by atoms with Gasteiger partial charge in [-0.05, 0) is 12.1 Å². The summed E-state index contributed by atoms with van der Waals surface area (Å²) in [6, 6.07) is 5.47. The van der Waals surface area contributed by atoms with E-state index < -0.39 is 6.09 Å². The van der Waals surface area contributed by atoms with Crippen LogP contribution < -0.4 is 5.32 Å². The Bertz CT molecular complexity index is 771. The van der Waals surface area contributed by atoms with Crippen LogP contribution in [0.15, 0.2) is 34.3 Å². The van der Waals surface area contributed by atoms with E-state index in [9.17, 15) is 4.79 Å². The molecule has 0 saturated carbocycles. The maximum Gasteiger partial charge on any atom is 0.413 e. The number of nitrogens with zero attached hydrogens (tertiary/aromatic N) is 4. The van der Waals surface area contributed by atoms with Crippen molar-refractivity contribution in [1.82, 2.24) is 20.1 Å². The second-order valence-electron chi connectivity index (χ2n) is 4.16. The molecule has 112 valence electrons. The van der Waals surface area contributed by atoms with Gasteiger partial charge in [-0.25, -0.2) is 9.78 Å². The van der Waals surface area contributed by atoms with Gasteiger partial charge in [0.1, 0.15) is 5.69 Å². The predicted octanol–water partition coefficient (Wildman–Crippen LogP) is 2.36. The summed E-state index contributed by atoms with van der Waals surface area (Å²) in [6.07, 6.45) is 1.48. The number of hydrogen-bond donors (Lipinski definition) is 1. The zero-order valence-electron chi connectivity index (χ0n) is 11.5. The SMILES string of the molecule is COC(=O)Nc1nc(Cc2nc(-c3ccccn3)no2)cs1. The number of carbonyl (C=O) groups excluding carboxylic acids is 1. The number of methoxy groups -OCH3 is 1. The van der Waals surface area contributed by atoms with E-state index in [2.05, 4.69) is 30.2 Å². The average molecular weight is 317 g/mol. The first-order valence-corrected chi connectivity index (χ1v) is 7.16. The molecule has 0 radical (unpaired) electrons. The molecule has 3 rings (SSSR count). The van der Waals surface area contributed by atoms with E-state index in [4.69, 9.17) is 4.52 Å². The van der Waals surface area contributed by atoms with E-state index >= 15 is 0 Å². The van der Waals surface area contributed by atoms with E-state index in [1.165, 1.54) is 18.4 Å². The van der Waals surface area contributed by atoms with Crippen molar-refractivity contribution >= 4 is 22.6 Å². The lowest BCUT2D eigenvalue weighted by molar-refractivity contribution is 0.187. The molecular formula is C13H11N5O3S. The van der Waals surface area contributed by atoms with Gasteiger partial charge in [0.2, 0.25) is 11.7 Å². The number of carbonyl (C=O) groups is 1. The van der Waals surface area contributed by atoms with Crippen LogP contribution in [0.4, 0.5) is 9.93 Å². The molecule has 0 fully saturated rings. The fourth-order valence-corrected chi connectivity index (χ4v) is 2.36. The van der Waals surface area contributed by atoms with Gasteiger partial charge in [0.15, 0.2) is 5.13 Å². The molecular weight excluding hydrogens is 306 g/mol. The zero-order chi connectivity index (χ0) is 15.4. The molecule has 3 heterocycles. The van der Waals surface area contributed by atoms with E-state index in [-0.39, 0.29) is 0 Å². The first kappa shape index (κ1) is 14.1. The molecule has 0 aromatic carbocycles. The second-order valence-corrected chi connectivity index (χ2v) is 5.02. The number of anilines is 1. The third-order valence-corrected chi connectivity index (χ3v) is 3.45. The highest BCUT2D eigenvalue weighted by Crippen LogP contribution is 2.19. The Morgan fingerprint density at radius 2 is 2.32 bits per heavy atom. The van der Waals surface area contributed by atoms with Gasteiger partial charge in [-0.3, -0.25) is 10.3 Å². The Labute approximate surface area is 129 Å². The van der Waals surface area contributed by atoms with E-state index in [1.54, 1.807) is 17.6 Å². The van der Waals surface area contributed by atoms with E-state index in [0.717, 1.165) is 0 Å². The molecule has 0 aliphatic heterocycles. The molecule has 3 aromatic heterocycles. The number of hydrogen-bond acceptors (Lipinski definition) is 8. The molecule has 0 saturated heterocycles. The maximum absolute atomic E-state index is 11.1. The van der Waals surface area contributed by atoms with Crippen LogP contribution >= 0.6 is 11.3 Å². The van der Waals surface area contributed by atoms with Crippen LogP contribution in [-0.4, -0.2) is 33.3 Å². The smallest absolute Gasteiger partial charge is 0.413 e. The van der Waals surface area contributed by atoms with Crippen molar-refractivity contribution in [2.45, 2.75) is 6.42 Å². The lowest BCUT2D eigenvalue weighted by atomic mass is 10.3. The van der Waals surface area contributed by atoms with Crippen LogP contribution in [0.3, 0.4) is 0 Å². The first-order valence-electron chi connectivity index (χ1n) is 6.28. The molecule has 0 aliphatic rings. The summed E-state index contributed by atoms with van der Waals surface area (Å²) >= 11 is 1.29. The lowest BCUT2D eigenvalue weighted by Gasteiger charge is -1.97. The van der Waals surface area contributed by atoms with Gasteiger partial charge < -0.3 is 9.26 Å². The molecule has 8 nitrogen and oxygen atoms in total. The second kappa shape index (κ2) is 6.31. The summed E-state index contributed by atoms with van der Waals surface area (Å²) in [5.41, 5.74) is 1.36. The minimum Gasteiger partial charge on any atom is -0.453 e. The number of thiazole rings is 1. The highest BCUT2D eigenvalue weighted by molar-refractivity contribution is 7.13. The summed E-state index contributed by atoms with van der Waals surface area (Å²) in [5, 5.41) is 8.64. The number of nitrogens with one attached hydrogen (secondary N) is 1. The highest BCUT2D eigenvalue weighted by Gasteiger charge is 2.12. The monoisotopic (exact) mass is 317 g/mol. The highest BCUT2D eigenvalue weighted by atomic mass is 32.1. The Hall–Kier alpha value is -2.81. The summed E-state index contributed by atoms with van der Waals surface area (Å²) in [4.78, 5) is 23.8. The molecule has 1 amide bonds.